The van der Waals surface area contributed by atoms with Gasteiger partial charge in [-0.25, -0.2) is 8.78 Å². The maximum Gasteiger partial charge on any atom is 0.208 e. The van der Waals surface area contributed by atoms with Gasteiger partial charge >= 0.3 is 0 Å². The molecular weight excluding hydrogens is 481 g/mol. The minimum absolute atomic E-state index is 0. The van der Waals surface area contributed by atoms with Crippen molar-refractivity contribution in [3.63, 3.8) is 0 Å². The van der Waals surface area contributed by atoms with E-state index in [9.17, 15) is 35.1 Å². The topological polar surface area (TPSA) is 49.7 Å². The summed E-state index contributed by atoms with van der Waals surface area (Å²) < 4.78 is 105. The van der Waals surface area contributed by atoms with Gasteiger partial charge in [0.2, 0.25) is 40.7 Å². The molecule has 0 aromatic heterocycles. The first-order valence-corrected chi connectivity index (χ1v) is 6.50. The number of aromatic hydroxyl groups is 2. The predicted molar refractivity (Wildman–Crippen MR) is 76.8 cm³/mol. The van der Waals surface area contributed by atoms with Gasteiger partial charge in [-0.1, -0.05) is 19.2 Å². The number of phenols is 2. The molecule has 0 heterocycles. The van der Waals surface area contributed by atoms with E-state index in [-0.39, 0.29) is 32.7 Å². The summed E-state index contributed by atoms with van der Waals surface area (Å²) in [5, 5.41) is 17.1. The fraction of sp³-hybridized carbons (Fsp3) is 0. The van der Waals surface area contributed by atoms with Gasteiger partial charge < -0.3 is 14.9 Å². The molecule has 3 nitrogen and oxygen atoms in total. The molecule has 2 N–H and O–H groups in total. The summed E-state index contributed by atoms with van der Waals surface area (Å²) in [6.07, 6.45) is 1.22. The second kappa shape index (κ2) is 10.4. The predicted octanol–water partition coefficient (Wildman–Crippen LogP) is 5.06. The van der Waals surface area contributed by atoms with E-state index in [1.165, 1.54) is 0 Å². The molecule has 0 atom stereocenters. The molecule has 0 aliphatic rings. The van der Waals surface area contributed by atoms with Crippen molar-refractivity contribution in [2.75, 3.05) is 0 Å². The molecule has 1 radical (unpaired) electrons. The van der Waals surface area contributed by atoms with E-state index in [1.54, 1.807) is 0 Å². The number of benzene rings is 2. The average Bonchev–Trinajstić information content (AvgIpc) is 2.66. The van der Waals surface area contributed by atoms with Gasteiger partial charge in [0, 0.05) is 32.7 Å². The molecule has 12 heteroatoms. The molecule has 0 unspecified atom stereocenters. The van der Waals surface area contributed by atoms with Crippen LogP contribution in [0.1, 0.15) is 5.56 Å². The SMILES string of the molecule is C=COc1c(F)c(F)c(O)c(F)c1F.C=Cc1c(F)c(F)c(O)c(F)c1F.[Y]. The van der Waals surface area contributed by atoms with Crippen molar-refractivity contribution in [3.05, 3.63) is 71.5 Å². The van der Waals surface area contributed by atoms with Crippen LogP contribution in [-0.2, 0) is 32.7 Å². The zero-order valence-electron chi connectivity index (χ0n) is 13.5. The zero-order chi connectivity index (χ0) is 21.0. The van der Waals surface area contributed by atoms with Gasteiger partial charge in [-0.05, 0) is 0 Å². The molecule has 0 amide bonds. The number of hydrogen-bond acceptors (Lipinski definition) is 3. The smallest absolute Gasteiger partial charge is 0.208 e. The largest absolute Gasteiger partial charge is 0.503 e. The molecule has 0 saturated carbocycles. The molecule has 2 rings (SSSR count). The second-order valence-corrected chi connectivity index (χ2v) is 4.44. The number of ether oxygens (including phenoxy) is 1. The Bertz CT molecular complexity index is 860. The Morgan fingerprint density at radius 2 is 0.929 bits per heavy atom. The molecule has 149 valence electrons. The van der Waals surface area contributed by atoms with E-state index < -0.39 is 69.3 Å². The van der Waals surface area contributed by atoms with Crippen molar-refractivity contribution in [2.24, 2.45) is 0 Å². The van der Waals surface area contributed by atoms with Crippen LogP contribution >= 0.6 is 0 Å². The molecule has 0 aliphatic carbocycles. The van der Waals surface area contributed by atoms with Gasteiger partial charge in [-0.2, -0.15) is 26.3 Å². The van der Waals surface area contributed by atoms with E-state index in [1.807, 2.05) is 0 Å². The van der Waals surface area contributed by atoms with Gasteiger partial charge in [0.15, 0.2) is 23.1 Å². The average molecular weight is 489 g/mol. The molecule has 2 aromatic rings. The molecule has 0 saturated heterocycles. The quantitative estimate of drug-likeness (QED) is 0.360. The summed E-state index contributed by atoms with van der Waals surface area (Å²) in [6.45, 7) is 5.93. The Hall–Kier alpha value is -2.14. The summed E-state index contributed by atoms with van der Waals surface area (Å²) in [4.78, 5) is 0. The van der Waals surface area contributed by atoms with E-state index in [0.29, 0.717) is 12.3 Å². The first-order valence-electron chi connectivity index (χ1n) is 6.50. The Morgan fingerprint density at radius 3 is 1.21 bits per heavy atom. The van der Waals surface area contributed by atoms with Gasteiger partial charge in [-0.15, -0.1) is 0 Å². The van der Waals surface area contributed by atoms with Crippen LogP contribution in [0.25, 0.3) is 6.08 Å². The maximum atomic E-state index is 12.8. The van der Waals surface area contributed by atoms with Crippen LogP contribution in [0.4, 0.5) is 35.1 Å². The van der Waals surface area contributed by atoms with Crippen molar-refractivity contribution < 1.29 is 82.8 Å². The Balaban J connectivity index is 0.000000504. The number of halogens is 8. The molecule has 28 heavy (non-hydrogen) atoms. The molecule has 0 bridgehead atoms. The third kappa shape index (κ3) is 4.82. The molecular formula is C16H8F8O3Y. The fourth-order valence-corrected chi connectivity index (χ4v) is 1.60. The van der Waals surface area contributed by atoms with Crippen molar-refractivity contribution >= 4 is 6.08 Å². The number of phenolic OH excluding ortho intramolecular Hbond substituents is 2. The maximum absolute atomic E-state index is 12.8. The van der Waals surface area contributed by atoms with Crippen molar-refractivity contribution in [3.8, 4) is 17.2 Å². The Morgan fingerprint density at radius 1 is 0.607 bits per heavy atom. The summed E-state index contributed by atoms with van der Waals surface area (Å²) in [7, 11) is 0. The normalized spacial score (nSPS) is 9.71. The summed E-state index contributed by atoms with van der Waals surface area (Å²) in [6, 6.07) is 0. The minimum Gasteiger partial charge on any atom is -0.503 e. The number of rotatable bonds is 3. The van der Waals surface area contributed by atoms with Gasteiger partial charge in [0.05, 0.1) is 11.8 Å². The van der Waals surface area contributed by atoms with Crippen LogP contribution < -0.4 is 4.74 Å². The molecule has 0 fully saturated rings. The van der Waals surface area contributed by atoms with Gasteiger partial charge in [0.1, 0.15) is 0 Å². The fourth-order valence-electron chi connectivity index (χ4n) is 1.60. The third-order valence-corrected chi connectivity index (χ3v) is 2.88. The Kier molecular flexibility index (Phi) is 9.62. The summed E-state index contributed by atoms with van der Waals surface area (Å²) in [5.41, 5.74) is -0.937. The minimum atomic E-state index is -1.92. The Labute approximate surface area is 177 Å². The standard InChI is InChI=1S/C8H4F4O2.C8H4F4O.Y/c1-2-14-8-5(11)3(9)7(13)4(10)6(8)12;1-2-3-4(9)6(11)8(13)7(12)5(3)10;/h2,13H,1H2;2,13H,1H2;. The van der Waals surface area contributed by atoms with E-state index in [4.69, 9.17) is 10.2 Å². The van der Waals surface area contributed by atoms with Gasteiger partial charge in [-0.3, -0.25) is 0 Å². The second-order valence-electron chi connectivity index (χ2n) is 4.44. The van der Waals surface area contributed by atoms with Gasteiger partial charge in [0.25, 0.3) is 0 Å². The van der Waals surface area contributed by atoms with Crippen molar-refractivity contribution in [1.82, 2.24) is 0 Å². The van der Waals surface area contributed by atoms with Crippen molar-refractivity contribution in [1.29, 1.82) is 0 Å². The third-order valence-electron chi connectivity index (χ3n) is 2.88. The first-order chi connectivity index (χ1) is 12.5. The number of hydrogen-bond donors (Lipinski definition) is 2. The summed E-state index contributed by atoms with van der Waals surface area (Å²) in [5.74, 6) is -19.1. The van der Waals surface area contributed by atoms with E-state index >= 15 is 0 Å². The molecule has 0 aliphatic heterocycles. The zero-order valence-corrected chi connectivity index (χ0v) is 16.3. The molecule has 0 spiro atoms. The van der Waals surface area contributed by atoms with Crippen LogP contribution in [0, 0.1) is 46.5 Å². The monoisotopic (exact) mass is 489 g/mol. The van der Waals surface area contributed by atoms with E-state index in [2.05, 4.69) is 17.9 Å². The van der Waals surface area contributed by atoms with Crippen LogP contribution in [0.5, 0.6) is 17.2 Å². The van der Waals surface area contributed by atoms with Crippen LogP contribution in [0.2, 0.25) is 0 Å². The summed E-state index contributed by atoms with van der Waals surface area (Å²) >= 11 is 0. The first kappa shape index (κ1) is 25.9. The van der Waals surface area contributed by atoms with E-state index in [0.717, 1.165) is 0 Å². The molecule has 2 aromatic carbocycles. The van der Waals surface area contributed by atoms with Crippen molar-refractivity contribution in [2.45, 2.75) is 0 Å². The van der Waals surface area contributed by atoms with Crippen LogP contribution in [0.15, 0.2) is 19.4 Å². The van der Waals surface area contributed by atoms with Crippen LogP contribution in [0.3, 0.4) is 0 Å². The van der Waals surface area contributed by atoms with Crippen LogP contribution in [-0.4, -0.2) is 10.2 Å².